The van der Waals surface area contributed by atoms with E-state index in [0.717, 1.165) is 30.1 Å². The molecule has 1 aliphatic carbocycles. The fraction of sp³-hybridized carbons (Fsp3) is 0.615. The van der Waals surface area contributed by atoms with Crippen molar-refractivity contribution in [3.05, 3.63) is 47.7 Å². The molecule has 1 unspecified atom stereocenters. The summed E-state index contributed by atoms with van der Waals surface area (Å²) in [7, 11) is -1.94. The van der Waals surface area contributed by atoms with Gasteiger partial charge in [0.1, 0.15) is 0 Å². The van der Waals surface area contributed by atoms with Gasteiger partial charge in [-0.3, -0.25) is 0 Å². The van der Waals surface area contributed by atoms with E-state index < -0.39 is 8.32 Å². The molecule has 0 radical (unpaired) electrons. The van der Waals surface area contributed by atoms with Crippen LogP contribution in [0.1, 0.15) is 79.7 Å². The van der Waals surface area contributed by atoms with Crippen molar-refractivity contribution in [2.45, 2.75) is 90.8 Å². The second-order valence-electron chi connectivity index (χ2n) is 10.4. The van der Waals surface area contributed by atoms with Crippen molar-refractivity contribution >= 4 is 8.32 Å². The highest BCUT2D eigenvalue weighted by Gasteiger charge is 2.47. The van der Waals surface area contributed by atoms with E-state index >= 15 is 0 Å². The van der Waals surface area contributed by atoms with Crippen LogP contribution < -0.4 is 9.47 Å². The zero-order valence-corrected chi connectivity index (χ0v) is 21.1. The zero-order chi connectivity index (χ0) is 22.1. The van der Waals surface area contributed by atoms with E-state index in [1.54, 1.807) is 0 Å². The van der Waals surface area contributed by atoms with E-state index in [-0.39, 0.29) is 5.41 Å². The van der Waals surface area contributed by atoms with E-state index in [9.17, 15) is 0 Å². The van der Waals surface area contributed by atoms with Crippen molar-refractivity contribution in [2.75, 3.05) is 6.79 Å². The first-order chi connectivity index (χ1) is 14.1. The molecule has 0 spiro atoms. The number of hydrogen-bond acceptors (Lipinski definition) is 3. The first-order valence-electron chi connectivity index (χ1n) is 11.5. The fourth-order valence-corrected chi connectivity index (χ4v) is 11.0. The second-order valence-corrected chi connectivity index (χ2v) is 15.8. The van der Waals surface area contributed by atoms with Gasteiger partial charge in [-0.15, -0.1) is 0 Å². The lowest BCUT2D eigenvalue weighted by molar-refractivity contribution is 0.174. The molecular formula is C26H40O3Si. The third-order valence-electron chi connectivity index (χ3n) is 7.20. The van der Waals surface area contributed by atoms with Crippen LogP contribution >= 0.6 is 0 Å². The fourth-order valence-electron chi connectivity index (χ4n) is 5.65. The summed E-state index contributed by atoms with van der Waals surface area (Å²) in [5.74, 6) is 3.27. The molecule has 0 saturated heterocycles. The van der Waals surface area contributed by atoms with Gasteiger partial charge in [-0.05, 0) is 58.1 Å². The second kappa shape index (κ2) is 8.82. The Morgan fingerprint density at radius 1 is 0.967 bits per heavy atom. The number of hydrogen-bond donors (Lipinski definition) is 0. The van der Waals surface area contributed by atoms with E-state index in [2.05, 4.69) is 91.8 Å². The summed E-state index contributed by atoms with van der Waals surface area (Å²) >= 11 is 0. The molecule has 1 aliphatic heterocycles. The first kappa shape index (κ1) is 23.0. The molecule has 1 heterocycles. The van der Waals surface area contributed by atoms with Crippen LogP contribution in [0.3, 0.4) is 0 Å². The van der Waals surface area contributed by atoms with Crippen LogP contribution in [0.15, 0.2) is 42.2 Å². The number of fused-ring (bicyclic) bond motifs is 1. The number of allylic oxidation sites excluding steroid dienone is 4. The Labute approximate surface area is 184 Å². The molecule has 166 valence electrons. The molecule has 0 fully saturated rings. The predicted octanol–water partition coefficient (Wildman–Crippen LogP) is 7.95. The van der Waals surface area contributed by atoms with Gasteiger partial charge in [0.2, 0.25) is 6.79 Å². The van der Waals surface area contributed by atoms with Crippen molar-refractivity contribution in [3.63, 3.8) is 0 Å². The van der Waals surface area contributed by atoms with Crippen LogP contribution in [0.2, 0.25) is 16.6 Å². The van der Waals surface area contributed by atoms with Gasteiger partial charge in [0, 0.05) is 6.42 Å². The molecule has 30 heavy (non-hydrogen) atoms. The minimum atomic E-state index is -1.94. The van der Waals surface area contributed by atoms with Gasteiger partial charge in [0.05, 0.1) is 5.76 Å². The summed E-state index contributed by atoms with van der Waals surface area (Å²) in [6.45, 7) is 19.1. The molecule has 1 aromatic rings. The Hall–Kier alpha value is -1.68. The maximum absolute atomic E-state index is 7.03. The molecule has 0 aromatic heterocycles. The van der Waals surface area contributed by atoms with Crippen LogP contribution in [0.25, 0.3) is 0 Å². The van der Waals surface area contributed by atoms with E-state index in [0.29, 0.717) is 29.3 Å². The van der Waals surface area contributed by atoms with E-state index in [1.165, 1.54) is 5.56 Å². The van der Waals surface area contributed by atoms with Gasteiger partial charge in [-0.2, -0.15) is 0 Å². The van der Waals surface area contributed by atoms with E-state index in [1.807, 2.05) is 0 Å². The first-order valence-corrected chi connectivity index (χ1v) is 13.7. The highest BCUT2D eigenvalue weighted by Crippen LogP contribution is 2.47. The lowest BCUT2D eigenvalue weighted by Crippen LogP contribution is -2.47. The molecule has 0 bridgehead atoms. The molecule has 0 saturated carbocycles. The van der Waals surface area contributed by atoms with Crippen molar-refractivity contribution < 1.29 is 13.9 Å². The minimum absolute atomic E-state index is 0.0540. The number of rotatable bonds is 6. The third-order valence-corrected chi connectivity index (χ3v) is 13.2. The highest BCUT2D eigenvalue weighted by molar-refractivity contribution is 6.77. The summed E-state index contributed by atoms with van der Waals surface area (Å²) in [5.41, 5.74) is 3.10. The monoisotopic (exact) mass is 428 g/mol. The lowest BCUT2D eigenvalue weighted by Gasteiger charge is -2.43. The predicted molar refractivity (Wildman–Crippen MR) is 128 cm³/mol. The molecule has 1 atom stereocenters. The van der Waals surface area contributed by atoms with Crippen LogP contribution in [-0.4, -0.2) is 15.1 Å². The van der Waals surface area contributed by atoms with Crippen LogP contribution in [0.5, 0.6) is 11.5 Å². The zero-order valence-electron chi connectivity index (χ0n) is 20.1. The van der Waals surface area contributed by atoms with Crippen LogP contribution in [0, 0.1) is 5.41 Å². The Morgan fingerprint density at radius 2 is 1.60 bits per heavy atom. The Bertz CT molecular complexity index is 783. The normalized spacial score (nSPS) is 23.8. The summed E-state index contributed by atoms with van der Waals surface area (Å²) < 4.78 is 18.2. The lowest BCUT2D eigenvalue weighted by atomic mass is 9.71. The summed E-state index contributed by atoms with van der Waals surface area (Å²) in [5, 5.41) is 0. The van der Waals surface area contributed by atoms with Crippen molar-refractivity contribution in [1.29, 1.82) is 0 Å². The van der Waals surface area contributed by atoms with Crippen molar-refractivity contribution in [2.24, 2.45) is 5.41 Å². The maximum atomic E-state index is 7.03. The van der Waals surface area contributed by atoms with Crippen molar-refractivity contribution in [1.82, 2.24) is 0 Å². The standard InChI is InChI=1S/C26H40O3Si/c1-18(2)30(19(3)4,20(5)6)29-22-10-9-15-26(7,8)23(13-12-22)21-11-14-24-25(16-21)28-17-27-24/h9-11,14-16,18-20,23H,12-13,17H2,1-8H3/b15-9-,22-10+. The van der Waals surface area contributed by atoms with Crippen molar-refractivity contribution in [3.8, 4) is 11.5 Å². The highest BCUT2D eigenvalue weighted by atomic mass is 28.4. The topological polar surface area (TPSA) is 27.7 Å². The number of ether oxygens (including phenoxy) is 2. The quantitative estimate of drug-likeness (QED) is 0.430. The summed E-state index contributed by atoms with van der Waals surface area (Å²) in [6, 6.07) is 6.43. The Balaban J connectivity index is 1.88. The molecule has 1 aromatic carbocycles. The smallest absolute Gasteiger partial charge is 0.258 e. The van der Waals surface area contributed by atoms with Crippen LogP contribution in [-0.2, 0) is 4.43 Å². The largest absolute Gasteiger partial charge is 0.546 e. The number of benzene rings is 1. The third kappa shape index (κ3) is 4.34. The van der Waals surface area contributed by atoms with Crippen LogP contribution in [0.4, 0.5) is 0 Å². The molecule has 0 amide bonds. The Morgan fingerprint density at radius 3 is 2.23 bits per heavy atom. The van der Waals surface area contributed by atoms with Gasteiger partial charge in [0.25, 0.3) is 8.32 Å². The minimum Gasteiger partial charge on any atom is -0.546 e. The Kier molecular flexibility index (Phi) is 6.76. The van der Waals surface area contributed by atoms with Gasteiger partial charge in [-0.1, -0.05) is 73.6 Å². The molecule has 2 aliphatic rings. The van der Waals surface area contributed by atoms with Gasteiger partial charge >= 0.3 is 0 Å². The molecule has 0 N–H and O–H groups in total. The SMILES string of the molecule is CC(C)[Si](O/C1=C/C=C\C(C)(C)C(c2ccc3c(c2)OCO3)CC1)(C(C)C)C(C)C. The summed E-state index contributed by atoms with van der Waals surface area (Å²) in [6.07, 6.45) is 8.81. The molecular weight excluding hydrogens is 388 g/mol. The van der Waals surface area contributed by atoms with Gasteiger partial charge in [-0.25, -0.2) is 0 Å². The molecule has 4 heteroatoms. The molecule has 3 nitrogen and oxygen atoms in total. The molecule has 3 rings (SSSR count). The maximum Gasteiger partial charge on any atom is 0.258 e. The average molecular weight is 429 g/mol. The van der Waals surface area contributed by atoms with E-state index in [4.69, 9.17) is 13.9 Å². The average Bonchev–Trinajstić information content (AvgIpc) is 3.10. The summed E-state index contributed by atoms with van der Waals surface area (Å²) in [4.78, 5) is 0. The van der Waals surface area contributed by atoms with Gasteiger partial charge < -0.3 is 13.9 Å². The van der Waals surface area contributed by atoms with Gasteiger partial charge in [0.15, 0.2) is 11.5 Å².